The molecule has 0 spiro atoms. The zero-order valence-electron chi connectivity index (χ0n) is 17.7. The van der Waals surface area contributed by atoms with E-state index >= 15 is 0 Å². The molecule has 0 atom stereocenters. The van der Waals surface area contributed by atoms with Gasteiger partial charge in [0.05, 0.1) is 22.2 Å². The Morgan fingerprint density at radius 1 is 1.06 bits per heavy atom. The van der Waals surface area contributed by atoms with Gasteiger partial charge in [-0.25, -0.2) is 4.39 Å². The normalized spacial score (nSPS) is 14.5. The van der Waals surface area contributed by atoms with E-state index in [2.05, 4.69) is 5.32 Å². The van der Waals surface area contributed by atoms with E-state index in [4.69, 9.17) is 16.3 Å². The van der Waals surface area contributed by atoms with Crippen molar-refractivity contribution >= 4 is 52.2 Å². The van der Waals surface area contributed by atoms with E-state index in [1.54, 1.807) is 54.6 Å². The average Bonchev–Trinajstić information content (AvgIpc) is 3.08. The molecule has 34 heavy (non-hydrogen) atoms. The molecule has 1 heterocycles. The van der Waals surface area contributed by atoms with Gasteiger partial charge in [0.1, 0.15) is 11.6 Å². The first-order valence-corrected chi connectivity index (χ1v) is 11.4. The maximum atomic E-state index is 13.1. The molecule has 0 aromatic heterocycles. The number of anilines is 1. The van der Waals surface area contributed by atoms with Crippen LogP contribution in [0, 0.1) is 5.82 Å². The maximum absolute atomic E-state index is 13.1. The van der Waals surface area contributed by atoms with E-state index < -0.39 is 11.1 Å². The van der Waals surface area contributed by atoms with Crippen LogP contribution in [0.1, 0.15) is 11.1 Å². The molecule has 4 rings (SSSR count). The van der Waals surface area contributed by atoms with Gasteiger partial charge in [0.15, 0.2) is 6.61 Å². The number of benzene rings is 3. The summed E-state index contributed by atoms with van der Waals surface area (Å²) in [6.07, 6.45) is 1.59. The third-order valence-corrected chi connectivity index (χ3v) is 6.04. The number of nitrogens with zero attached hydrogens (tertiary/aromatic N) is 1. The summed E-state index contributed by atoms with van der Waals surface area (Å²) in [5.74, 6) is -0.764. The van der Waals surface area contributed by atoms with Gasteiger partial charge in [-0.2, -0.15) is 0 Å². The number of imide groups is 1. The van der Waals surface area contributed by atoms with Crippen molar-refractivity contribution in [1.82, 2.24) is 4.90 Å². The molecule has 1 saturated heterocycles. The Morgan fingerprint density at radius 3 is 2.59 bits per heavy atom. The van der Waals surface area contributed by atoms with E-state index in [9.17, 15) is 18.8 Å². The predicted molar refractivity (Wildman–Crippen MR) is 130 cm³/mol. The predicted octanol–water partition coefficient (Wildman–Crippen LogP) is 5.73. The van der Waals surface area contributed by atoms with Crippen molar-refractivity contribution in [2.75, 3.05) is 11.9 Å². The number of halogens is 2. The van der Waals surface area contributed by atoms with E-state index in [0.29, 0.717) is 27.6 Å². The molecule has 1 aliphatic heterocycles. The SMILES string of the molecule is O=C(COc1cccc(/C=C2\SC(=O)N(Cc3ccc(F)cc3)C2=O)c1)Nc1ccccc1Cl. The number of nitrogens with one attached hydrogen (secondary N) is 1. The largest absolute Gasteiger partial charge is 0.484 e. The number of rotatable bonds is 7. The first-order valence-electron chi connectivity index (χ1n) is 10.2. The molecule has 0 saturated carbocycles. The molecule has 1 N–H and O–H groups in total. The van der Waals surface area contributed by atoms with E-state index in [-0.39, 0.29) is 29.8 Å². The van der Waals surface area contributed by atoms with Crippen LogP contribution in [0.3, 0.4) is 0 Å². The third kappa shape index (κ3) is 5.84. The molecule has 9 heteroatoms. The van der Waals surface area contributed by atoms with E-state index in [0.717, 1.165) is 16.7 Å². The van der Waals surface area contributed by atoms with Gasteiger partial charge in [-0.3, -0.25) is 19.3 Å². The molecular formula is C25H18ClFN2O4S. The van der Waals surface area contributed by atoms with Crippen LogP contribution in [0.2, 0.25) is 5.02 Å². The number of hydrogen-bond donors (Lipinski definition) is 1. The van der Waals surface area contributed by atoms with E-state index in [1.165, 1.54) is 24.3 Å². The van der Waals surface area contributed by atoms with Crippen LogP contribution in [0.15, 0.2) is 77.7 Å². The Kier molecular flexibility index (Phi) is 7.30. The fourth-order valence-corrected chi connectivity index (χ4v) is 4.17. The van der Waals surface area contributed by atoms with Gasteiger partial charge < -0.3 is 10.1 Å². The van der Waals surface area contributed by atoms with Crippen LogP contribution in [-0.4, -0.2) is 28.6 Å². The minimum Gasteiger partial charge on any atom is -0.484 e. The van der Waals surface area contributed by atoms with Gasteiger partial charge in [0.2, 0.25) is 0 Å². The Balaban J connectivity index is 1.39. The fourth-order valence-electron chi connectivity index (χ4n) is 3.15. The third-order valence-electron chi connectivity index (χ3n) is 4.80. The highest BCUT2D eigenvalue weighted by Gasteiger charge is 2.35. The molecule has 0 aliphatic carbocycles. The Labute approximate surface area is 204 Å². The first-order chi connectivity index (χ1) is 16.4. The van der Waals surface area contributed by atoms with Crippen molar-refractivity contribution in [3.8, 4) is 5.75 Å². The lowest BCUT2D eigenvalue weighted by Crippen LogP contribution is -2.27. The molecule has 3 aromatic carbocycles. The summed E-state index contributed by atoms with van der Waals surface area (Å²) in [6, 6.07) is 19.3. The Bertz CT molecular complexity index is 1280. The average molecular weight is 497 g/mol. The lowest BCUT2D eigenvalue weighted by molar-refractivity contribution is -0.123. The van der Waals surface area contributed by atoms with Crippen LogP contribution < -0.4 is 10.1 Å². The van der Waals surface area contributed by atoms with Crippen molar-refractivity contribution in [2.45, 2.75) is 6.54 Å². The number of para-hydroxylation sites is 1. The van der Waals surface area contributed by atoms with Gasteiger partial charge in [-0.15, -0.1) is 0 Å². The molecule has 0 unspecified atom stereocenters. The Morgan fingerprint density at radius 2 is 1.82 bits per heavy atom. The highest BCUT2D eigenvalue weighted by molar-refractivity contribution is 8.18. The lowest BCUT2D eigenvalue weighted by Gasteiger charge is -2.12. The first kappa shape index (κ1) is 23.5. The molecule has 3 aromatic rings. The number of hydrogen-bond acceptors (Lipinski definition) is 5. The maximum Gasteiger partial charge on any atom is 0.293 e. The van der Waals surface area contributed by atoms with Crippen LogP contribution in [0.5, 0.6) is 5.75 Å². The number of carbonyl (C=O) groups excluding carboxylic acids is 3. The molecule has 172 valence electrons. The zero-order valence-corrected chi connectivity index (χ0v) is 19.2. The minimum absolute atomic E-state index is 0.0615. The molecular weight excluding hydrogens is 479 g/mol. The van der Waals surface area contributed by atoms with Crippen molar-refractivity contribution in [3.05, 3.63) is 99.7 Å². The summed E-state index contributed by atoms with van der Waals surface area (Å²) in [5, 5.41) is 2.70. The molecule has 0 bridgehead atoms. The second-order valence-electron chi connectivity index (χ2n) is 7.28. The highest BCUT2D eigenvalue weighted by Crippen LogP contribution is 2.33. The molecule has 1 aliphatic rings. The Hall–Kier alpha value is -3.62. The van der Waals surface area contributed by atoms with Gasteiger partial charge in [-0.1, -0.05) is 48.0 Å². The van der Waals surface area contributed by atoms with Crippen molar-refractivity contribution in [3.63, 3.8) is 0 Å². The van der Waals surface area contributed by atoms with Crippen molar-refractivity contribution in [2.24, 2.45) is 0 Å². The summed E-state index contributed by atoms with van der Waals surface area (Å²) in [6.45, 7) is -0.172. The van der Waals surface area contributed by atoms with E-state index in [1.807, 2.05) is 0 Å². The fraction of sp³-hybridized carbons (Fsp3) is 0.0800. The molecule has 1 fully saturated rings. The summed E-state index contributed by atoms with van der Waals surface area (Å²) in [7, 11) is 0. The standard InChI is InChI=1S/C25H18ClFN2O4S/c26-20-6-1-2-7-21(20)28-23(30)15-33-19-5-3-4-17(12-19)13-22-24(31)29(25(32)34-22)14-16-8-10-18(27)11-9-16/h1-13H,14-15H2,(H,28,30)/b22-13-. The van der Waals surface area contributed by atoms with Gasteiger partial charge in [0.25, 0.3) is 17.1 Å². The minimum atomic E-state index is -0.426. The topological polar surface area (TPSA) is 75.7 Å². The summed E-state index contributed by atoms with van der Waals surface area (Å²) >= 11 is 6.87. The second-order valence-corrected chi connectivity index (χ2v) is 8.68. The number of carbonyl (C=O) groups is 3. The highest BCUT2D eigenvalue weighted by atomic mass is 35.5. The summed E-state index contributed by atoms with van der Waals surface area (Å²) in [5.41, 5.74) is 1.77. The number of amides is 3. The number of thioether (sulfide) groups is 1. The lowest BCUT2D eigenvalue weighted by atomic mass is 10.2. The molecule has 6 nitrogen and oxygen atoms in total. The van der Waals surface area contributed by atoms with Crippen molar-refractivity contribution < 1.29 is 23.5 Å². The second kappa shape index (κ2) is 10.5. The zero-order chi connectivity index (χ0) is 24.1. The molecule has 0 radical (unpaired) electrons. The van der Waals surface area contributed by atoms with Gasteiger partial charge >= 0.3 is 0 Å². The monoisotopic (exact) mass is 496 g/mol. The van der Waals surface area contributed by atoms with Crippen LogP contribution in [0.4, 0.5) is 14.9 Å². The van der Waals surface area contributed by atoms with Gasteiger partial charge in [-0.05, 0) is 65.4 Å². The van der Waals surface area contributed by atoms with Crippen LogP contribution in [-0.2, 0) is 16.1 Å². The summed E-state index contributed by atoms with van der Waals surface area (Å²) < 4.78 is 18.7. The smallest absolute Gasteiger partial charge is 0.293 e. The summed E-state index contributed by atoms with van der Waals surface area (Å²) in [4.78, 5) is 38.6. The van der Waals surface area contributed by atoms with Crippen molar-refractivity contribution in [1.29, 1.82) is 0 Å². The van der Waals surface area contributed by atoms with Gasteiger partial charge in [0, 0.05) is 0 Å². The quantitative estimate of drug-likeness (QED) is 0.422. The molecule has 3 amide bonds. The van der Waals surface area contributed by atoms with Crippen LogP contribution >= 0.6 is 23.4 Å². The number of ether oxygens (including phenoxy) is 1. The van der Waals surface area contributed by atoms with Crippen LogP contribution in [0.25, 0.3) is 6.08 Å².